The predicted molar refractivity (Wildman–Crippen MR) is 132 cm³/mol. The first-order valence-electron chi connectivity index (χ1n) is 11.2. The Balaban J connectivity index is 1.67. The second kappa shape index (κ2) is 7.52. The molecule has 0 N–H and O–H groups in total. The summed E-state index contributed by atoms with van der Waals surface area (Å²) in [5.41, 5.74) is 2.73. The summed E-state index contributed by atoms with van der Waals surface area (Å²) in [6, 6.07) is 25.8. The van der Waals surface area contributed by atoms with Gasteiger partial charge in [-0.25, -0.2) is 0 Å². The predicted octanol–water partition coefficient (Wildman–Crippen LogP) is 7.94. The van der Waals surface area contributed by atoms with Crippen LogP contribution in [0.5, 0.6) is 11.5 Å². The average Bonchev–Trinajstić information content (AvgIpc) is 2.93. The van der Waals surface area contributed by atoms with Crippen LogP contribution in [-0.2, 0) is 0 Å². The van der Waals surface area contributed by atoms with Crippen molar-refractivity contribution in [1.82, 2.24) is 0 Å². The summed E-state index contributed by atoms with van der Waals surface area (Å²) in [5.74, 6) is 2.48. The van der Waals surface area contributed by atoms with Gasteiger partial charge in [0.2, 0.25) is 0 Å². The van der Waals surface area contributed by atoms with Gasteiger partial charge >= 0.3 is 192 Å². The Morgan fingerprint density at radius 3 is 1.77 bits per heavy atom. The van der Waals surface area contributed by atoms with Gasteiger partial charge in [0.15, 0.2) is 0 Å². The van der Waals surface area contributed by atoms with Crippen LogP contribution in [-0.4, -0.2) is 21.2 Å². The van der Waals surface area contributed by atoms with Gasteiger partial charge in [-0.1, -0.05) is 0 Å². The number of fused-ring (bicyclic) bond motifs is 7. The van der Waals surface area contributed by atoms with E-state index >= 15 is 0 Å². The summed E-state index contributed by atoms with van der Waals surface area (Å²) in [4.78, 5) is 0. The Labute approximate surface area is 191 Å². The molecule has 0 saturated heterocycles. The number of hydrogen-bond acceptors (Lipinski definition) is 2. The van der Waals surface area contributed by atoms with E-state index < -0.39 is 6.41 Å². The third-order valence-corrected chi connectivity index (χ3v) is 12.1. The van der Waals surface area contributed by atoms with Crippen molar-refractivity contribution in [1.29, 1.82) is 0 Å². The molecule has 6 rings (SSSR count). The summed E-state index contributed by atoms with van der Waals surface area (Å²) in [6.45, 7) is 2.36. The Kier molecular flexibility index (Phi) is 4.76. The second-order valence-electron chi connectivity index (χ2n) is 8.87. The quantitative estimate of drug-likeness (QED) is 0.199. The van der Waals surface area contributed by atoms with Gasteiger partial charge < -0.3 is 0 Å². The molecule has 156 valence electrons. The monoisotopic (exact) mass is 492 g/mol. The molecule has 0 aromatic heterocycles. The van der Waals surface area contributed by atoms with Crippen LogP contribution in [0.1, 0.15) is 32.6 Å². The zero-order chi connectivity index (χ0) is 21.0. The number of hydrogen-bond donors (Lipinski definition) is 0. The molecule has 2 unspecified atom stereocenters. The molecule has 31 heavy (non-hydrogen) atoms. The van der Waals surface area contributed by atoms with Gasteiger partial charge in [-0.2, -0.15) is 0 Å². The van der Waals surface area contributed by atoms with E-state index in [2.05, 4.69) is 95.3 Å². The van der Waals surface area contributed by atoms with Gasteiger partial charge in [0.1, 0.15) is 0 Å². The fraction of sp³-hybridized carbons (Fsp3) is 0.259. The summed E-state index contributed by atoms with van der Waals surface area (Å²) in [5, 5.41) is 4.87. The van der Waals surface area contributed by atoms with Crippen LogP contribution in [0.4, 0.5) is 0 Å². The molecule has 1 aliphatic heterocycles. The van der Waals surface area contributed by atoms with E-state index in [9.17, 15) is 0 Å². The van der Waals surface area contributed by atoms with E-state index in [1.54, 1.807) is 0 Å². The summed E-state index contributed by atoms with van der Waals surface area (Å²) in [6.07, 6.45) is 2.68. The molecule has 0 radical (unpaired) electrons. The molecule has 1 heterocycles. The first-order valence-corrected chi connectivity index (χ1v) is 15.1. The number of benzene rings is 4. The molecule has 4 aromatic rings. The molecule has 0 amide bonds. The fourth-order valence-electron chi connectivity index (χ4n) is 5.37. The summed E-state index contributed by atoms with van der Waals surface area (Å²) in [7, 11) is 0. The second-order valence-corrected chi connectivity index (χ2v) is 14.2. The summed E-state index contributed by atoms with van der Waals surface area (Å²) >= 11 is 3.48. The average molecular weight is 491 g/mol. The first-order chi connectivity index (χ1) is 15.1. The van der Waals surface area contributed by atoms with E-state index in [-0.39, 0.29) is 0 Å². The molecular formula is C27H25O2PSe. The van der Waals surface area contributed by atoms with Crippen LogP contribution in [0.25, 0.3) is 32.7 Å². The normalized spacial score (nSPS) is 22.1. The van der Waals surface area contributed by atoms with Gasteiger partial charge in [0.25, 0.3) is 0 Å². The van der Waals surface area contributed by atoms with Gasteiger partial charge in [0.05, 0.1) is 0 Å². The molecular weight excluding hydrogens is 466 g/mol. The Bertz CT molecular complexity index is 1210. The summed E-state index contributed by atoms with van der Waals surface area (Å²) < 4.78 is 13.9. The molecule has 2 atom stereocenters. The van der Waals surface area contributed by atoms with Gasteiger partial charge in [-0.05, 0) is 0 Å². The van der Waals surface area contributed by atoms with Gasteiger partial charge in [-0.15, -0.1) is 0 Å². The van der Waals surface area contributed by atoms with E-state index in [0.717, 1.165) is 29.0 Å². The fourth-order valence-corrected chi connectivity index (χ4v) is 10.8. The van der Waals surface area contributed by atoms with Crippen LogP contribution in [0.3, 0.4) is 0 Å². The Morgan fingerprint density at radius 2 is 1.23 bits per heavy atom. The third kappa shape index (κ3) is 3.18. The first kappa shape index (κ1) is 19.6. The van der Waals surface area contributed by atoms with Crippen molar-refractivity contribution in [3.05, 3.63) is 72.8 Å². The molecule has 4 heteroatoms. The van der Waals surface area contributed by atoms with Crippen molar-refractivity contribution in [2.75, 3.05) is 0 Å². The van der Waals surface area contributed by atoms with Crippen molar-refractivity contribution < 1.29 is 9.05 Å². The maximum atomic E-state index is 6.93. The standard InChI is InChI=1S/C27H25O2PSe/c1-18-8-2-7-13-25(18)30(31)28-23-16-14-19-9-3-5-11-21(19)26(23)27-22-12-6-4-10-20(22)15-17-24(27)29-30/h3-6,9-12,14-18,25H,2,7-8,13H2,1H3. The Morgan fingerprint density at radius 1 is 0.710 bits per heavy atom. The molecule has 2 nitrogen and oxygen atoms in total. The zero-order valence-electron chi connectivity index (χ0n) is 17.6. The van der Waals surface area contributed by atoms with E-state index in [4.69, 9.17) is 9.05 Å². The van der Waals surface area contributed by atoms with Crippen LogP contribution in [0.2, 0.25) is 0 Å². The molecule has 4 aromatic carbocycles. The van der Waals surface area contributed by atoms with E-state index in [1.165, 1.54) is 40.8 Å². The molecule has 0 bridgehead atoms. The molecule has 0 spiro atoms. The van der Waals surface area contributed by atoms with E-state index in [1.807, 2.05) is 0 Å². The van der Waals surface area contributed by atoms with Gasteiger partial charge in [-0.3, -0.25) is 0 Å². The topological polar surface area (TPSA) is 18.5 Å². The van der Waals surface area contributed by atoms with Crippen molar-refractivity contribution in [2.24, 2.45) is 5.92 Å². The van der Waals surface area contributed by atoms with Crippen molar-refractivity contribution in [3.8, 4) is 22.6 Å². The minimum atomic E-state index is -2.28. The van der Waals surface area contributed by atoms with E-state index in [0.29, 0.717) is 11.6 Å². The van der Waals surface area contributed by atoms with Gasteiger partial charge in [0, 0.05) is 0 Å². The maximum absolute atomic E-state index is 6.93. The Hall–Kier alpha value is -2.05. The van der Waals surface area contributed by atoms with Crippen LogP contribution in [0, 0.1) is 5.92 Å². The number of rotatable bonds is 1. The zero-order valence-corrected chi connectivity index (χ0v) is 20.2. The van der Waals surface area contributed by atoms with Crippen LogP contribution >= 0.6 is 6.41 Å². The van der Waals surface area contributed by atoms with Crippen molar-refractivity contribution in [2.45, 2.75) is 38.3 Å². The van der Waals surface area contributed by atoms with Crippen LogP contribution < -0.4 is 9.05 Å². The van der Waals surface area contributed by atoms with Crippen LogP contribution in [0.15, 0.2) is 72.8 Å². The SMILES string of the molecule is CC1CCCCC1[P+]1([Se-])Oc2ccc3ccccc3c2-c2c(ccc3ccccc23)O1. The molecule has 1 fully saturated rings. The molecule has 1 aliphatic carbocycles. The van der Waals surface area contributed by atoms with Crippen molar-refractivity contribution in [3.63, 3.8) is 0 Å². The van der Waals surface area contributed by atoms with Crippen molar-refractivity contribution >= 4 is 43.5 Å². The third-order valence-electron chi connectivity index (χ3n) is 6.96. The minimum absolute atomic E-state index is 0.415. The molecule has 1 saturated carbocycles. The molecule has 2 aliphatic rings.